The molecule has 10 nitrogen and oxygen atoms in total. The molecule has 41 heavy (non-hydrogen) atoms. The van der Waals surface area contributed by atoms with Gasteiger partial charge in [0.1, 0.15) is 16.4 Å². The Hall–Kier alpha value is -3.48. The molecule has 1 aliphatic rings. The van der Waals surface area contributed by atoms with Crippen LogP contribution in [0.3, 0.4) is 0 Å². The third-order valence-electron chi connectivity index (χ3n) is 6.91. The van der Waals surface area contributed by atoms with Crippen molar-refractivity contribution in [1.82, 2.24) is 19.4 Å². The Kier molecular flexibility index (Phi) is 8.35. The first-order valence-corrected chi connectivity index (χ1v) is 15.1. The zero-order valence-electron chi connectivity index (χ0n) is 24.2. The molecule has 1 amide bonds. The lowest BCUT2D eigenvalue weighted by Crippen LogP contribution is -2.47. The first-order valence-electron chi connectivity index (χ1n) is 13.4. The fraction of sp³-hybridized carbons (Fsp3) is 0.448. The fourth-order valence-electron chi connectivity index (χ4n) is 4.66. The highest BCUT2D eigenvalue weighted by molar-refractivity contribution is 7.29. The summed E-state index contributed by atoms with van der Waals surface area (Å²) in [4.78, 5) is 40.1. The van der Waals surface area contributed by atoms with Gasteiger partial charge in [0, 0.05) is 52.6 Å². The molecule has 0 N–H and O–H groups in total. The number of anilines is 1. The fourth-order valence-corrected chi connectivity index (χ4v) is 6.77. The number of nitrogens with zero attached hydrogens (tertiary/aromatic N) is 5. The number of ether oxygens (including phenoxy) is 3. The van der Waals surface area contributed by atoms with Crippen LogP contribution < -0.4 is 15.2 Å². The minimum atomic E-state index is -0.496. The van der Waals surface area contributed by atoms with Gasteiger partial charge in [0.25, 0.3) is 5.56 Å². The van der Waals surface area contributed by atoms with Crippen molar-refractivity contribution in [2.45, 2.75) is 45.3 Å². The van der Waals surface area contributed by atoms with Crippen LogP contribution in [0.4, 0.5) is 9.93 Å². The molecule has 218 valence electrons. The minimum absolute atomic E-state index is 0.0773. The molecule has 0 spiro atoms. The molecule has 0 atom stereocenters. The number of hydrogen-bond acceptors (Lipinski definition) is 10. The molecule has 12 heteroatoms. The van der Waals surface area contributed by atoms with E-state index in [1.807, 2.05) is 45.0 Å². The Morgan fingerprint density at radius 2 is 1.78 bits per heavy atom. The van der Waals surface area contributed by atoms with Crippen molar-refractivity contribution in [2.75, 3.05) is 38.9 Å². The highest BCUT2D eigenvalue weighted by Gasteiger charge is 2.30. The average Bonchev–Trinajstić information content (AvgIpc) is 3.52. The topological polar surface area (TPSA) is 99.0 Å². The van der Waals surface area contributed by atoms with Gasteiger partial charge in [-0.05, 0) is 62.9 Å². The number of thiazole rings is 2. The number of hydrogen-bond donors (Lipinski definition) is 0. The van der Waals surface area contributed by atoms with Gasteiger partial charge in [-0.3, -0.25) is 4.79 Å². The maximum absolute atomic E-state index is 12.4. The van der Waals surface area contributed by atoms with Crippen LogP contribution in [0.25, 0.3) is 31.4 Å². The highest BCUT2D eigenvalue weighted by atomic mass is 32.1. The summed E-state index contributed by atoms with van der Waals surface area (Å²) in [6.07, 6.45) is 3.20. The second-order valence-electron chi connectivity index (χ2n) is 11.1. The molecule has 1 saturated heterocycles. The predicted molar refractivity (Wildman–Crippen MR) is 163 cm³/mol. The lowest BCUT2D eigenvalue weighted by molar-refractivity contribution is 0.0205. The molecule has 1 aromatic carbocycles. The second-order valence-corrected chi connectivity index (χ2v) is 13.0. The number of aromatic nitrogens is 3. The van der Waals surface area contributed by atoms with E-state index in [9.17, 15) is 9.59 Å². The van der Waals surface area contributed by atoms with Gasteiger partial charge in [-0.15, -0.1) is 0 Å². The third-order valence-corrected chi connectivity index (χ3v) is 9.06. The number of amides is 1. The largest absolute Gasteiger partial charge is 0.467 e. The van der Waals surface area contributed by atoms with Crippen LogP contribution in [-0.2, 0) is 16.5 Å². The van der Waals surface area contributed by atoms with Gasteiger partial charge in [0.05, 0.1) is 5.56 Å². The zero-order valence-corrected chi connectivity index (χ0v) is 25.8. The molecule has 4 heterocycles. The van der Waals surface area contributed by atoms with E-state index < -0.39 is 5.60 Å². The van der Waals surface area contributed by atoms with Gasteiger partial charge in [-0.1, -0.05) is 28.7 Å². The number of rotatable bonds is 7. The number of fused-ring (bicyclic) bond motifs is 1. The van der Waals surface area contributed by atoms with E-state index in [1.165, 1.54) is 15.9 Å². The number of benzene rings is 1. The summed E-state index contributed by atoms with van der Waals surface area (Å²) in [5, 5.41) is 1.72. The minimum Gasteiger partial charge on any atom is -0.467 e. The first-order chi connectivity index (χ1) is 19.5. The van der Waals surface area contributed by atoms with Crippen molar-refractivity contribution in [2.24, 2.45) is 7.05 Å². The van der Waals surface area contributed by atoms with E-state index in [1.54, 1.807) is 42.7 Å². The Labute approximate surface area is 247 Å². The SMILES string of the molecule is COCOc1cc(-c2ccn(C)c(=O)c2)ccc1-c1nc2sc(N(C)C3CCN(C(=O)OC(C)(C)C)CC3)nc2s1. The molecule has 1 aliphatic heterocycles. The first kappa shape index (κ1) is 29.0. The summed E-state index contributed by atoms with van der Waals surface area (Å²) in [6, 6.07) is 9.64. The molecule has 3 aromatic heterocycles. The monoisotopic (exact) mass is 597 g/mol. The molecule has 0 saturated carbocycles. The Morgan fingerprint density at radius 3 is 2.44 bits per heavy atom. The van der Waals surface area contributed by atoms with Gasteiger partial charge in [-0.25, -0.2) is 14.8 Å². The lowest BCUT2D eigenvalue weighted by Gasteiger charge is -2.37. The number of aryl methyl sites for hydroxylation is 1. The standard InChI is InChI=1S/C29H35N5O5S2/c1-29(2,3)39-28(36)34-13-10-20(11-14-34)33(5)27-31-26-25(41-27)30-24(40-26)21-8-7-18(15-22(21)38-17-37-6)19-9-12-32(4)23(35)16-19/h7-9,12,15-16,20H,10-11,13-14,17H2,1-6H3. The number of likely N-dealkylation sites (tertiary alicyclic amines) is 1. The van der Waals surface area contributed by atoms with E-state index in [-0.39, 0.29) is 24.5 Å². The average molecular weight is 598 g/mol. The summed E-state index contributed by atoms with van der Waals surface area (Å²) in [5.41, 5.74) is 1.95. The summed E-state index contributed by atoms with van der Waals surface area (Å²) >= 11 is 3.08. The van der Waals surface area contributed by atoms with Gasteiger partial charge in [-0.2, -0.15) is 0 Å². The Morgan fingerprint density at radius 1 is 1.07 bits per heavy atom. The highest BCUT2D eigenvalue weighted by Crippen LogP contribution is 2.41. The Bertz CT molecular complexity index is 1570. The Balaban J connectivity index is 1.32. The molecule has 5 rings (SSSR count). The lowest BCUT2D eigenvalue weighted by atomic mass is 10.0. The molecular weight excluding hydrogens is 562 g/mol. The van der Waals surface area contributed by atoms with E-state index in [4.69, 9.17) is 24.2 Å². The van der Waals surface area contributed by atoms with Crippen molar-refractivity contribution in [3.63, 3.8) is 0 Å². The van der Waals surface area contributed by atoms with Crippen molar-refractivity contribution < 1.29 is 19.0 Å². The summed E-state index contributed by atoms with van der Waals surface area (Å²) < 4.78 is 18.2. The number of carbonyl (C=O) groups is 1. The molecule has 0 unspecified atom stereocenters. The van der Waals surface area contributed by atoms with Gasteiger partial charge >= 0.3 is 6.09 Å². The van der Waals surface area contributed by atoms with Gasteiger partial charge in [0.2, 0.25) is 0 Å². The second kappa shape index (κ2) is 11.8. The van der Waals surface area contributed by atoms with Crippen molar-refractivity contribution in [3.8, 4) is 27.4 Å². The maximum atomic E-state index is 12.4. The van der Waals surface area contributed by atoms with Crippen molar-refractivity contribution >= 4 is 43.6 Å². The number of carbonyl (C=O) groups excluding carboxylic acids is 1. The molecule has 0 radical (unpaired) electrons. The van der Waals surface area contributed by atoms with Crippen LogP contribution >= 0.6 is 22.7 Å². The van der Waals surface area contributed by atoms with E-state index in [0.29, 0.717) is 18.8 Å². The smallest absolute Gasteiger partial charge is 0.410 e. The maximum Gasteiger partial charge on any atom is 0.410 e. The van der Waals surface area contributed by atoms with Crippen LogP contribution in [0.2, 0.25) is 0 Å². The number of pyridine rings is 1. The molecule has 4 aromatic rings. The van der Waals surface area contributed by atoms with E-state index >= 15 is 0 Å². The van der Waals surface area contributed by atoms with Crippen LogP contribution in [0, 0.1) is 0 Å². The van der Waals surface area contributed by atoms with Crippen molar-refractivity contribution in [3.05, 3.63) is 46.9 Å². The number of methoxy groups -OCH3 is 1. The van der Waals surface area contributed by atoms with E-state index in [0.717, 1.165) is 49.3 Å². The molecule has 0 aliphatic carbocycles. The van der Waals surface area contributed by atoms with Gasteiger partial charge < -0.3 is 28.6 Å². The van der Waals surface area contributed by atoms with E-state index in [2.05, 4.69) is 11.9 Å². The molecule has 0 bridgehead atoms. The summed E-state index contributed by atoms with van der Waals surface area (Å²) in [5.74, 6) is 0.625. The molecular formula is C29H35N5O5S2. The van der Waals surface area contributed by atoms with Crippen LogP contribution in [0.5, 0.6) is 5.75 Å². The normalized spacial score (nSPS) is 14.4. The van der Waals surface area contributed by atoms with Crippen molar-refractivity contribution in [1.29, 1.82) is 0 Å². The third kappa shape index (κ3) is 6.55. The summed E-state index contributed by atoms with van der Waals surface area (Å²) in [6.45, 7) is 7.06. The summed E-state index contributed by atoms with van der Waals surface area (Å²) in [7, 11) is 5.36. The quantitative estimate of drug-likeness (QED) is 0.254. The van der Waals surface area contributed by atoms with Crippen LogP contribution in [0.15, 0.2) is 41.3 Å². The van der Waals surface area contributed by atoms with Gasteiger partial charge in [0.15, 0.2) is 21.6 Å². The number of piperidine rings is 1. The van der Waals surface area contributed by atoms with Crippen LogP contribution in [-0.4, -0.2) is 71.2 Å². The predicted octanol–water partition coefficient (Wildman–Crippen LogP) is 5.60. The van der Waals surface area contributed by atoms with Crippen LogP contribution in [0.1, 0.15) is 33.6 Å². The zero-order chi connectivity index (χ0) is 29.3. The molecule has 1 fully saturated rings.